The van der Waals surface area contributed by atoms with Gasteiger partial charge in [-0.1, -0.05) is 66.7 Å². The Morgan fingerprint density at radius 1 is 1.00 bits per heavy atom. The summed E-state index contributed by atoms with van der Waals surface area (Å²) >= 11 is 0. The molecule has 0 bridgehead atoms. The number of ether oxygens (including phenoxy) is 1. The molecule has 4 aromatic rings. The number of para-hydroxylation sites is 2. The van der Waals surface area contributed by atoms with Gasteiger partial charge in [0.15, 0.2) is 0 Å². The van der Waals surface area contributed by atoms with E-state index in [-0.39, 0.29) is 12.1 Å². The Hall–Kier alpha value is -3.83. The van der Waals surface area contributed by atoms with Gasteiger partial charge in [0.05, 0.1) is 17.6 Å². The number of anilines is 2. The van der Waals surface area contributed by atoms with E-state index in [0.29, 0.717) is 0 Å². The molecule has 0 spiro atoms. The quantitative estimate of drug-likeness (QED) is 0.281. The number of rotatable bonds is 8. The first-order valence-electron chi connectivity index (χ1n) is 12.9. The molecule has 0 aromatic heterocycles. The summed E-state index contributed by atoms with van der Waals surface area (Å²) in [4.78, 5) is 14.0. The van der Waals surface area contributed by atoms with E-state index in [1.165, 1.54) is 16.3 Å². The molecule has 5 nitrogen and oxygen atoms in total. The van der Waals surface area contributed by atoms with Gasteiger partial charge in [-0.25, -0.2) is 0 Å². The Morgan fingerprint density at radius 3 is 2.49 bits per heavy atom. The first-order valence-corrected chi connectivity index (χ1v) is 12.9. The first-order chi connectivity index (χ1) is 17.8. The highest BCUT2D eigenvalue weighted by atomic mass is 16.5. The largest absolute Gasteiger partial charge is 0.486 e. The third kappa shape index (κ3) is 5.05. The van der Waals surface area contributed by atoms with Gasteiger partial charge in [-0.2, -0.15) is 0 Å². The first kappa shape index (κ1) is 24.8. The van der Waals surface area contributed by atoms with Gasteiger partial charge in [0.1, 0.15) is 11.9 Å². The Bertz CT molecular complexity index is 1390. The highest BCUT2D eigenvalue weighted by Gasteiger charge is 2.30. The van der Waals surface area contributed by atoms with Crippen LogP contribution in [0, 0.1) is 0 Å². The summed E-state index contributed by atoms with van der Waals surface area (Å²) < 4.78 is 6.39. The maximum absolute atomic E-state index is 11.7. The van der Waals surface area contributed by atoms with Crippen LogP contribution in [0.5, 0.6) is 5.75 Å². The summed E-state index contributed by atoms with van der Waals surface area (Å²) in [7, 11) is 0. The number of hydrogen-bond donors (Lipinski definition) is 2. The summed E-state index contributed by atoms with van der Waals surface area (Å²) in [5.41, 5.74) is 3.22. The van der Waals surface area contributed by atoms with Crippen molar-refractivity contribution in [3.63, 3.8) is 0 Å². The van der Waals surface area contributed by atoms with Crippen LogP contribution in [-0.2, 0) is 10.2 Å². The Labute approximate surface area is 218 Å². The van der Waals surface area contributed by atoms with Crippen molar-refractivity contribution >= 4 is 28.1 Å². The van der Waals surface area contributed by atoms with Gasteiger partial charge in [-0.3, -0.25) is 4.79 Å². The number of carboxylic acids is 1. The zero-order valence-electron chi connectivity index (χ0n) is 21.6. The third-order valence-electron chi connectivity index (χ3n) is 7.48. The predicted molar refractivity (Wildman–Crippen MR) is 150 cm³/mol. The number of carboxylic acid groups (broad SMARTS) is 1. The average molecular weight is 495 g/mol. The summed E-state index contributed by atoms with van der Waals surface area (Å²) in [5, 5.41) is 15.8. The molecule has 190 valence electrons. The Morgan fingerprint density at radius 2 is 1.70 bits per heavy atom. The molecule has 0 saturated heterocycles. The van der Waals surface area contributed by atoms with E-state index in [2.05, 4.69) is 65.7 Å². The van der Waals surface area contributed by atoms with Gasteiger partial charge >= 0.3 is 5.97 Å². The molecular formula is C32H34N2O3. The van der Waals surface area contributed by atoms with Crippen LogP contribution in [0.25, 0.3) is 10.8 Å². The minimum Gasteiger partial charge on any atom is -0.486 e. The standard InChI is InChI=1S/C32H34N2O3/c1-22(27-12-8-10-23-9-4-5-11-28(23)27)33-20-19-26-21-34(29-13-6-7-14-30(29)37-26)25-17-15-24(16-18-25)32(2,3)31(35)36/h4-18,22,26,33H,19-21H2,1-3H3,(H,35,36)/t22-,26?/m1/s1. The molecular weight excluding hydrogens is 460 g/mol. The molecule has 0 saturated carbocycles. The van der Waals surface area contributed by atoms with Gasteiger partial charge in [0.2, 0.25) is 0 Å². The summed E-state index contributed by atoms with van der Waals surface area (Å²) in [6, 6.07) is 31.2. The van der Waals surface area contributed by atoms with Crippen molar-refractivity contribution < 1.29 is 14.6 Å². The van der Waals surface area contributed by atoms with Gasteiger partial charge < -0.3 is 20.1 Å². The zero-order chi connectivity index (χ0) is 26.0. The molecule has 0 radical (unpaired) electrons. The number of hydrogen-bond acceptors (Lipinski definition) is 4. The lowest BCUT2D eigenvalue weighted by Gasteiger charge is -2.37. The van der Waals surface area contributed by atoms with Crippen LogP contribution < -0.4 is 15.0 Å². The van der Waals surface area contributed by atoms with Crippen molar-refractivity contribution in [2.45, 2.75) is 44.8 Å². The molecule has 1 heterocycles. The van der Waals surface area contributed by atoms with Crippen molar-refractivity contribution in [2.75, 3.05) is 18.0 Å². The van der Waals surface area contributed by atoms with Gasteiger partial charge in [-0.05, 0) is 79.9 Å². The lowest BCUT2D eigenvalue weighted by atomic mass is 9.85. The van der Waals surface area contributed by atoms with Crippen molar-refractivity contribution in [1.82, 2.24) is 5.32 Å². The van der Waals surface area contributed by atoms with Crippen LogP contribution in [0.15, 0.2) is 91.0 Å². The van der Waals surface area contributed by atoms with Gasteiger partial charge in [0.25, 0.3) is 0 Å². The zero-order valence-corrected chi connectivity index (χ0v) is 21.6. The van der Waals surface area contributed by atoms with Crippen LogP contribution in [0.1, 0.15) is 44.4 Å². The second-order valence-corrected chi connectivity index (χ2v) is 10.3. The molecule has 2 atom stereocenters. The molecule has 0 aliphatic carbocycles. The molecule has 0 fully saturated rings. The second kappa shape index (κ2) is 10.3. The normalized spacial score (nSPS) is 16.2. The highest BCUT2D eigenvalue weighted by molar-refractivity contribution is 5.86. The highest BCUT2D eigenvalue weighted by Crippen LogP contribution is 2.39. The van der Waals surface area contributed by atoms with E-state index in [9.17, 15) is 9.90 Å². The number of benzene rings is 4. The van der Waals surface area contributed by atoms with Crippen molar-refractivity contribution in [3.05, 3.63) is 102 Å². The monoisotopic (exact) mass is 494 g/mol. The van der Waals surface area contributed by atoms with Crippen molar-refractivity contribution in [2.24, 2.45) is 0 Å². The Kier molecular flexibility index (Phi) is 6.90. The lowest BCUT2D eigenvalue weighted by Crippen LogP contribution is -2.39. The smallest absolute Gasteiger partial charge is 0.313 e. The summed E-state index contributed by atoms with van der Waals surface area (Å²) in [6.45, 7) is 7.23. The number of aliphatic carboxylic acids is 1. The molecule has 4 aromatic carbocycles. The second-order valence-electron chi connectivity index (χ2n) is 10.3. The Balaban J connectivity index is 1.29. The van der Waals surface area contributed by atoms with Gasteiger partial charge in [-0.15, -0.1) is 0 Å². The summed E-state index contributed by atoms with van der Waals surface area (Å²) in [5.74, 6) is 0.0399. The fourth-order valence-corrected chi connectivity index (χ4v) is 5.07. The minimum atomic E-state index is -0.934. The summed E-state index contributed by atoms with van der Waals surface area (Å²) in [6.07, 6.45) is 0.890. The van der Waals surface area contributed by atoms with Gasteiger partial charge in [0, 0.05) is 11.7 Å². The molecule has 1 aliphatic rings. The van der Waals surface area contributed by atoms with Crippen LogP contribution in [0.2, 0.25) is 0 Å². The number of nitrogens with zero attached hydrogens (tertiary/aromatic N) is 1. The molecule has 1 unspecified atom stereocenters. The topological polar surface area (TPSA) is 61.8 Å². The molecule has 37 heavy (non-hydrogen) atoms. The molecule has 5 rings (SSSR count). The van der Waals surface area contributed by atoms with Crippen LogP contribution in [-0.4, -0.2) is 30.3 Å². The van der Waals surface area contributed by atoms with Crippen molar-refractivity contribution in [1.29, 1.82) is 0 Å². The van der Waals surface area contributed by atoms with E-state index < -0.39 is 11.4 Å². The number of carbonyl (C=O) groups is 1. The maximum Gasteiger partial charge on any atom is 0.313 e. The van der Waals surface area contributed by atoms with Crippen molar-refractivity contribution in [3.8, 4) is 5.75 Å². The fraction of sp³-hybridized carbons (Fsp3) is 0.281. The minimum absolute atomic E-state index is 0.0252. The van der Waals surface area contributed by atoms with E-state index >= 15 is 0 Å². The predicted octanol–water partition coefficient (Wildman–Crippen LogP) is 6.84. The van der Waals surface area contributed by atoms with Crippen LogP contribution >= 0.6 is 0 Å². The number of nitrogens with one attached hydrogen (secondary N) is 1. The maximum atomic E-state index is 11.7. The fourth-order valence-electron chi connectivity index (χ4n) is 5.07. The van der Waals surface area contributed by atoms with E-state index in [1.54, 1.807) is 13.8 Å². The molecule has 1 aliphatic heterocycles. The molecule has 5 heteroatoms. The molecule has 0 amide bonds. The van der Waals surface area contributed by atoms with E-state index in [1.807, 2.05) is 42.5 Å². The molecule has 2 N–H and O–H groups in total. The number of fused-ring (bicyclic) bond motifs is 2. The van der Waals surface area contributed by atoms with E-state index in [4.69, 9.17) is 4.74 Å². The third-order valence-corrected chi connectivity index (χ3v) is 7.48. The average Bonchev–Trinajstić information content (AvgIpc) is 2.92. The van der Waals surface area contributed by atoms with E-state index in [0.717, 1.165) is 42.2 Å². The van der Waals surface area contributed by atoms with Crippen LogP contribution in [0.3, 0.4) is 0 Å². The lowest BCUT2D eigenvalue weighted by molar-refractivity contribution is -0.142. The van der Waals surface area contributed by atoms with Crippen LogP contribution in [0.4, 0.5) is 11.4 Å². The SMILES string of the molecule is C[C@@H](NCCC1CN(c2ccc(C(C)(C)C(=O)O)cc2)c2ccccc2O1)c1cccc2ccccc12.